The lowest BCUT2D eigenvalue weighted by Gasteiger charge is -2.20. The second-order valence-electron chi connectivity index (χ2n) is 11.5. The third-order valence-electron chi connectivity index (χ3n) is 8.12. The van der Waals surface area contributed by atoms with Crippen LogP contribution in [-0.4, -0.2) is 42.5 Å². The molecule has 242 valence electrons. The highest BCUT2D eigenvalue weighted by atomic mass is 127. The number of halogens is 1. The third-order valence-corrected chi connectivity index (χ3v) is 8.12. The van der Waals surface area contributed by atoms with Gasteiger partial charge in [0.15, 0.2) is 6.20 Å². The molecule has 2 rings (SSSR count). The van der Waals surface area contributed by atoms with Crippen molar-refractivity contribution in [3.05, 3.63) is 30.1 Å². The van der Waals surface area contributed by atoms with E-state index < -0.39 is 12.2 Å². The van der Waals surface area contributed by atoms with E-state index in [4.69, 9.17) is 14.2 Å². The van der Waals surface area contributed by atoms with Crippen molar-refractivity contribution in [3.8, 4) is 0 Å². The maximum absolute atomic E-state index is 12.9. The van der Waals surface area contributed by atoms with Gasteiger partial charge in [0.25, 0.3) is 0 Å². The van der Waals surface area contributed by atoms with E-state index in [1.165, 1.54) is 96.3 Å². The Balaban J connectivity index is 0.00000882. The van der Waals surface area contributed by atoms with Crippen LogP contribution in [0.5, 0.6) is 0 Å². The lowest BCUT2D eigenvalue weighted by atomic mass is 10.0. The van der Waals surface area contributed by atoms with E-state index in [1.54, 1.807) is 6.92 Å². The van der Waals surface area contributed by atoms with Crippen LogP contribution in [-0.2, 0) is 27.3 Å². The third kappa shape index (κ3) is 16.4. The number of ether oxygens (including phenoxy) is 3. The Bertz CT molecular complexity index is 840. The van der Waals surface area contributed by atoms with Crippen LogP contribution in [0, 0.1) is 0 Å². The number of hydrogen-bond donors (Lipinski definition) is 0. The molecule has 0 N–H and O–H groups in total. The van der Waals surface area contributed by atoms with Gasteiger partial charge in [-0.15, -0.1) is 0 Å². The zero-order valence-corrected chi connectivity index (χ0v) is 29.0. The Morgan fingerprint density at radius 1 is 0.786 bits per heavy atom. The summed E-state index contributed by atoms with van der Waals surface area (Å²) in [6.45, 7) is 7.20. The molecule has 1 fully saturated rings. The molecule has 1 aromatic heterocycles. The second-order valence-corrected chi connectivity index (χ2v) is 11.5. The van der Waals surface area contributed by atoms with Gasteiger partial charge in [0.05, 0.1) is 18.8 Å². The number of rotatable bonds is 22. The number of aryl methyl sites for hydroxylation is 1. The molecule has 42 heavy (non-hydrogen) atoms. The van der Waals surface area contributed by atoms with E-state index in [9.17, 15) is 9.59 Å². The van der Waals surface area contributed by atoms with Crippen molar-refractivity contribution in [1.29, 1.82) is 0 Å². The van der Waals surface area contributed by atoms with Gasteiger partial charge in [-0.05, 0) is 33.1 Å². The van der Waals surface area contributed by atoms with Crippen LogP contribution in [0.3, 0.4) is 0 Å². The van der Waals surface area contributed by atoms with Crippen LogP contribution in [0.15, 0.2) is 24.4 Å². The number of carbonyl (C=O) groups is 2. The molecule has 1 saturated heterocycles. The molecule has 1 aromatic rings. The monoisotopic (exact) mass is 702 g/mol. The maximum atomic E-state index is 12.9. The highest BCUT2D eigenvalue weighted by Gasteiger charge is 2.31. The van der Waals surface area contributed by atoms with Gasteiger partial charge in [0, 0.05) is 12.1 Å². The van der Waals surface area contributed by atoms with Crippen molar-refractivity contribution in [3.63, 3.8) is 0 Å². The first-order valence-corrected chi connectivity index (χ1v) is 16.8. The SMILES string of the molecule is CCCCCCCCCCCCCCCCC[C@H]1CC[C@@H](COC(=O)N(Cc2cccc[n+]2CC)C(=O)OCC)O1.[I-]. The van der Waals surface area contributed by atoms with E-state index in [1.807, 2.05) is 35.9 Å². The number of carbonyl (C=O) groups excluding carboxylic acids is 2. The molecule has 0 spiro atoms. The van der Waals surface area contributed by atoms with Gasteiger partial charge in [-0.2, -0.15) is 0 Å². The first-order chi connectivity index (χ1) is 20.1. The number of unbranched alkanes of at least 4 members (excludes halogenated alkanes) is 14. The normalized spacial score (nSPS) is 16.2. The molecule has 0 aliphatic carbocycles. The summed E-state index contributed by atoms with van der Waals surface area (Å²) in [7, 11) is 0. The average Bonchev–Trinajstić information content (AvgIpc) is 3.44. The van der Waals surface area contributed by atoms with E-state index in [0.29, 0.717) is 0 Å². The molecule has 1 aliphatic heterocycles. The van der Waals surface area contributed by atoms with Gasteiger partial charge in [-0.3, -0.25) is 0 Å². The largest absolute Gasteiger partial charge is 1.00 e. The Morgan fingerprint density at radius 3 is 1.90 bits per heavy atom. The van der Waals surface area contributed by atoms with Crippen molar-refractivity contribution in [2.45, 2.75) is 162 Å². The molecule has 0 radical (unpaired) electrons. The van der Waals surface area contributed by atoms with Gasteiger partial charge in [0.2, 0.25) is 5.69 Å². The van der Waals surface area contributed by atoms with E-state index in [-0.39, 0.29) is 55.9 Å². The predicted molar refractivity (Wildman–Crippen MR) is 164 cm³/mol. The summed E-state index contributed by atoms with van der Waals surface area (Å²) in [5.41, 5.74) is 0.834. The first-order valence-electron chi connectivity index (χ1n) is 16.8. The first kappa shape index (κ1) is 38.6. The fourth-order valence-corrected chi connectivity index (χ4v) is 5.63. The zero-order chi connectivity index (χ0) is 29.5. The zero-order valence-electron chi connectivity index (χ0n) is 26.8. The van der Waals surface area contributed by atoms with Gasteiger partial charge in [0.1, 0.15) is 19.7 Å². The van der Waals surface area contributed by atoms with Crippen molar-refractivity contribution in [2.75, 3.05) is 13.2 Å². The summed E-state index contributed by atoms with van der Waals surface area (Å²) in [5.74, 6) is 0. The Labute approximate surface area is 273 Å². The summed E-state index contributed by atoms with van der Waals surface area (Å²) in [5, 5.41) is 0. The number of pyridine rings is 1. The minimum absolute atomic E-state index is 0. The standard InChI is InChI=1S/C34H59N2O5.HI/c1-4-7-8-9-10-11-12-13-14-15-16-17-18-19-20-24-31-25-26-32(41-31)29-40-34(38)36(33(37)39-6-3)28-30-23-21-22-27-35(30)5-2;/h21-23,27,31-32H,4-20,24-26,28-29H2,1-3H3;1H/q+1;/p-1/t31-,32-;/m0./s1. The second kappa shape index (κ2) is 25.0. The van der Waals surface area contributed by atoms with Crippen molar-refractivity contribution < 1.29 is 52.3 Å². The van der Waals surface area contributed by atoms with Gasteiger partial charge in [-0.25, -0.2) is 19.1 Å². The molecule has 0 aromatic carbocycles. The fourth-order valence-electron chi connectivity index (χ4n) is 5.63. The smallest absolute Gasteiger partial charge is 0.419 e. The van der Waals surface area contributed by atoms with Gasteiger partial charge < -0.3 is 38.2 Å². The number of aromatic nitrogens is 1. The highest BCUT2D eigenvalue weighted by molar-refractivity contribution is 5.87. The fraction of sp³-hybridized carbons (Fsp3) is 0.794. The van der Waals surface area contributed by atoms with Crippen LogP contribution in [0.2, 0.25) is 0 Å². The summed E-state index contributed by atoms with van der Waals surface area (Å²) in [6, 6.07) is 5.71. The summed E-state index contributed by atoms with van der Waals surface area (Å²) < 4.78 is 18.8. The number of hydrogen-bond acceptors (Lipinski definition) is 5. The molecule has 2 atom stereocenters. The quantitative estimate of drug-likeness (QED) is 0.0856. The summed E-state index contributed by atoms with van der Waals surface area (Å²) in [6.07, 6.45) is 24.2. The average molecular weight is 703 g/mol. The van der Waals surface area contributed by atoms with E-state index in [2.05, 4.69) is 6.92 Å². The molecular weight excluding hydrogens is 643 g/mol. The molecule has 8 heteroatoms. The summed E-state index contributed by atoms with van der Waals surface area (Å²) in [4.78, 5) is 26.4. The molecule has 2 amide bonds. The van der Waals surface area contributed by atoms with Gasteiger partial charge in [-0.1, -0.05) is 109 Å². The van der Waals surface area contributed by atoms with Crippen LogP contribution >= 0.6 is 0 Å². The Hall–Kier alpha value is -1.42. The number of nitrogens with zero attached hydrogens (tertiary/aromatic N) is 2. The number of imide groups is 1. The summed E-state index contributed by atoms with van der Waals surface area (Å²) >= 11 is 0. The Morgan fingerprint density at radius 2 is 1.33 bits per heavy atom. The van der Waals surface area contributed by atoms with Crippen LogP contribution in [0.25, 0.3) is 0 Å². The van der Waals surface area contributed by atoms with Crippen molar-refractivity contribution in [2.24, 2.45) is 0 Å². The Kier molecular flexibility index (Phi) is 22.9. The van der Waals surface area contributed by atoms with Gasteiger partial charge >= 0.3 is 12.2 Å². The topological polar surface area (TPSA) is 69.0 Å². The van der Waals surface area contributed by atoms with Crippen LogP contribution < -0.4 is 28.5 Å². The number of amides is 2. The minimum Gasteiger partial charge on any atom is -1.00 e. The van der Waals surface area contributed by atoms with Crippen LogP contribution in [0.1, 0.15) is 142 Å². The minimum atomic E-state index is -0.692. The molecule has 0 saturated carbocycles. The molecule has 2 heterocycles. The maximum Gasteiger partial charge on any atom is 0.419 e. The van der Waals surface area contributed by atoms with Crippen LogP contribution in [0.4, 0.5) is 9.59 Å². The predicted octanol–water partition coefficient (Wildman–Crippen LogP) is 5.90. The molecule has 0 bridgehead atoms. The highest BCUT2D eigenvalue weighted by Crippen LogP contribution is 2.25. The van der Waals surface area contributed by atoms with Crippen molar-refractivity contribution >= 4 is 12.2 Å². The molecule has 1 aliphatic rings. The van der Waals surface area contributed by atoms with E-state index >= 15 is 0 Å². The molecular formula is C34H59IN2O5. The molecule has 0 unspecified atom stereocenters. The van der Waals surface area contributed by atoms with Crippen molar-refractivity contribution in [1.82, 2.24) is 4.90 Å². The lowest BCUT2D eigenvalue weighted by Crippen LogP contribution is -3.00. The molecule has 7 nitrogen and oxygen atoms in total. The van der Waals surface area contributed by atoms with E-state index in [0.717, 1.165) is 36.4 Å². The lowest BCUT2D eigenvalue weighted by molar-refractivity contribution is -0.701.